The molecule has 194 valence electrons. The van der Waals surface area contributed by atoms with Crippen molar-refractivity contribution in [1.29, 1.82) is 0 Å². The van der Waals surface area contributed by atoms with Crippen LogP contribution < -0.4 is 10.1 Å². The topological polar surface area (TPSA) is 58.6 Å². The molecule has 1 saturated carbocycles. The first kappa shape index (κ1) is 26.7. The molecule has 3 aromatic carbocycles. The van der Waals surface area contributed by atoms with Crippen molar-refractivity contribution in [2.24, 2.45) is 0 Å². The summed E-state index contributed by atoms with van der Waals surface area (Å²) in [5, 5.41) is 3.60. The lowest BCUT2D eigenvalue weighted by molar-refractivity contribution is -0.143. The van der Waals surface area contributed by atoms with Gasteiger partial charge in [-0.15, -0.1) is 0 Å². The Labute approximate surface area is 222 Å². The van der Waals surface area contributed by atoms with Gasteiger partial charge >= 0.3 is 0 Å². The van der Waals surface area contributed by atoms with Gasteiger partial charge in [-0.05, 0) is 48.2 Å². The fourth-order valence-electron chi connectivity index (χ4n) is 4.67. The number of hydrogen-bond acceptors (Lipinski definition) is 3. The molecule has 0 bridgehead atoms. The van der Waals surface area contributed by atoms with E-state index in [-0.39, 0.29) is 36.8 Å². The van der Waals surface area contributed by atoms with Gasteiger partial charge in [0, 0.05) is 19.0 Å². The maximum Gasteiger partial charge on any atom is 0.261 e. The van der Waals surface area contributed by atoms with Crippen LogP contribution in [-0.4, -0.2) is 35.4 Å². The molecule has 1 aliphatic carbocycles. The highest BCUT2D eigenvalue weighted by Crippen LogP contribution is 2.24. The van der Waals surface area contributed by atoms with E-state index >= 15 is 0 Å². The fraction of sp³-hybridized carbons (Fsp3) is 0.333. The van der Waals surface area contributed by atoms with E-state index in [0.29, 0.717) is 17.2 Å². The molecule has 0 aliphatic heterocycles. The van der Waals surface area contributed by atoms with Crippen molar-refractivity contribution in [1.82, 2.24) is 10.2 Å². The number of para-hydroxylation sites is 1. The predicted molar refractivity (Wildman–Crippen MR) is 143 cm³/mol. The molecule has 3 aromatic rings. The number of benzene rings is 3. The standard InChI is InChI=1S/C30H32ClFN2O3/c31-26-13-7-8-14-28(26)37-21-29(35)34(20-23-15-17-24(32)18-16-23)27(19-22-9-3-1-4-10-22)30(36)33-25-11-5-2-6-12-25/h1,3-4,7-10,13-18,25,27H,2,5-6,11-12,19-21H2,(H,33,36). The molecule has 1 atom stereocenters. The molecule has 0 spiro atoms. The molecular formula is C30H32ClFN2O3. The minimum absolute atomic E-state index is 0.0988. The molecule has 0 saturated heterocycles. The minimum Gasteiger partial charge on any atom is -0.482 e. The number of amides is 2. The number of nitrogens with one attached hydrogen (secondary N) is 1. The van der Waals surface area contributed by atoms with E-state index in [9.17, 15) is 14.0 Å². The van der Waals surface area contributed by atoms with Gasteiger partial charge in [0.15, 0.2) is 6.61 Å². The molecule has 5 nitrogen and oxygen atoms in total. The number of hydrogen-bond donors (Lipinski definition) is 1. The maximum absolute atomic E-state index is 13.7. The van der Waals surface area contributed by atoms with E-state index in [1.807, 2.05) is 30.3 Å². The molecule has 1 aliphatic rings. The number of carbonyl (C=O) groups excluding carboxylic acids is 2. The van der Waals surface area contributed by atoms with Crippen LogP contribution in [-0.2, 0) is 22.6 Å². The quantitative estimate of drug-likeness (QED) is 0.358. The zero-order valence-electron chi connectivity index (χ0n) is 20.7. The number of rotatable bonds is 10. The van der Waals surface area contributed by atoms with Crippen LogP contribution in [0.1, 0.15) is 43.2 Å². The van der Waals surface area contributed by atoms with Crippen LogP contribution in [0.3, 0.4) is 0 Å². The lowest BCUT2D eigenvalue weighted by atomic mass is 9.94. The first-order valence-electron chi connectivity index (χ1n) is 12.7. The zero-order chi connectivity index (χ0) is 26.0. The van der Waals surface area contributed by atoms with Crippen LogP contribution in [0.25, 0.3) is 0 Å². The average Bonchev–Trinajstić information content (AvgIpc) is 2.92. The molecule has 1 fully saturated rings. The second-order valence-electron chi connectivity index (χ2n) is 9.42. The highest BCUT2D eigenvalue weighted by Gasteiger charge is 2.32. The number of halogens is 2. The van der Waals surface area contributed by atoms with E-state index in [1.54, 1.807) is 36.4 Å². The first-order chi connectivity index (χ1) is 18.0. The summed E-state index contributed by atoms with van der Waals surface area (Å²) in [6.45, 7) is -0.145. The van der Waals surface area contributed by atoms with Crippen molar-refractivity contribution in [3.8, 4) is 5.75 Å². The summed E-state index contributed by atoms with van der Waals surface area (Å²) in [4.78, 5) is 28.9. The van der Waals surface area contributed by atoms with Crippen molar-refractivity contribution >= 4 is 23.4 Å². The van der Waals surface area contributed by atoms with Crippen LogP contribution in [0.15, 0.2) is 78.9 Å². The van der Waals surface area contributed by atoms with Gasteiger partial charge in [-0.2, -0.15) is 0 Å². The second-order valence-corrected chi connectivity index (χ2v) is 9.82. The largest absolute Gasteiger partial charge is 0.482 e. The van der Waals surface area contributed by atoms with Gasteiger partial charge in [0.2, 0.25) is 5.91 Å². The van der Waals surface area contributed by atoms with E-state index in [1.165, 1.54) is 23.5 Å². The summed E-state index contributed by atoms with van der Waals surface area (Å²) >= 11 is 6.21. The zero-order valence-corrected chi connectivity index (χ0v) is 21.5. The highest BCUT2D eigenvalue weighted by atomic mass is 35.5. The minimum atomic E-state index is -0.767. The van der Waals surface area contributed by atoms with Gasteiger partial charge in [0.05, 0.1) is 5.02 Å². The summed E-state index contributed by atoms with van der Waals surface area (Å²) in [5.74, 6) is -0.516. The van der Waals surface area contributed by atoms with Crippen molar-refractivity contribution in [3.05, 3.63) is 101 Å². The molecule has 1 N–H and O–H groups in total. The number of ether oxygens (including phenoxy) is 1. The third-order valence-corrected chi connectivity index (χ3v) is 6.99. The molecule has 4 rings (SSSR count). The third-order valence-electron chi connectivity index (χ3n) is 6.68. The molecule has 7 heteroatoms. The first-order valence-corrected chi connectivity index (χ1v) is 13.1. The lowest BCUT2D eigenvalue weighted by Crippen LogP contribution is -2.53. The van der Waals surface area contributed by atoms with Crippen LogP contribution in [0.5, 0.6) is 5.75 Å². The maximum atomic E-state index is 13.7. The second kappa shape index (κ2) is 13.2. The summed E-state index contributed by atoms with van der Waals surface area (Å²) in [6.07, 6.45) is 5.56. The predicted octanol–water partition coefficient (Wildman–Crippen LogP) is 5.95. The lowest BCUT2D eigenvalue weighted by Gasteiger charge is -2.33. The molecule has 0 aromatic heterocycles. The summed E-state index contributed by atoms with van der Waals surface area (Å²) in [5.41, 5.74) is 1.66. The Morgan fingerprint density at radius 3 is 2.30 bits per heavy atom. The summed E-state index contributed by atoms with van der Waals surface area (Å²) < 4.78 is 19.3. The summed E-state index contributed by atoms with van der Waals surface area (Å²) in [6, 6.07) is 21.9. The Bertz CT molecular complexity index is 1170. The van der Waals surface area contributed by atoms with Crippen LogP contribution in [0.2, 0.25) is 5.02 Å². The molecular weight excluding hydrogens is 491 g/mol. The highest BCUT2D eigenvalue weighted by molar-refractivity contribution is 6.32. The third kappa shape index (κ3) is 7.80. The Morgan fingerprint density at radius 1 is 0.919 bits per heavy atom. The van der Waals surface area contributed by atoms with Crippen molar-refractivity contribution in [2.75, 3.05) is 6.61 Å². The van der Waals surface area contributed by atoms with Crippen molar-refractivity contribution < 1.29 is 18.7 Å². The van der Waals surface area contributed by atoms with E-state index < -0.39 is 6.04 Å². The Balaban J connectivity index is 1.61. The molecule has 0 heterocycles. The van der Waals surface area contributed by atoms with Crippen LogP contribution >= 0.6 is 11.6 Å². The Morgan fingerprint density at radius 2 is 1.59 bits per heavy atom. The summed E-state index contributed by atoms with van der Waals surface area (Å²) in [7, 11) is 0. The molecule has 37 heavy (non-hydrogen) atoms. The van der Waals surface area contributed by atoms with Gasteiger partial charge in [-0.1, -0.05) is 85.5 Å². The van der Waals surface area contributed by atoms with E-state index in [4.69, 9.17) is 16.3 Å². The number of carbonyl (C=O) groups is 2. The van der Waals surface area contributed by atoms with E-state index in [2.05, 4.69) is 5.32 Å². The van der Waals surface area contributed by atoms with Gasteiger partial charge in [0.25, 0.3) is 5.91 Å². The van der Waals surface area contributed by atoms with Gasteiger partial charge in [0.1, 0.15) is 17.6 Å². The molecule has 0 radical (unpaired) electrons. The van der Waals surface area contributed by atoms with Gasteiger partial charge in [-0.3, -0.25) is 9.59 Å². The van der Waals surface area contributed by atoms with Gasteiger partial charge in [-0.25, -0.2) is 4.39 Å². The smallest absolute Gasteiger partial charge is 0.261 e. The van der Waals surface area contributed by atoms with Crippen LogP contribution in [0.4, 0.5) is 4.39 Å². The SMILES string of the molecule is O=C(NC1CCCCC1)C(Cc1ccccc1)N(Cc1ccc(F)cc1)C(=O)COc1ccccc1Cl. The Kier molecular flexibility index (Phi) is 9.55. The average molecular weight is 523 g/mol. The monoisotopic (exact) mass is 522 g/mol. The van der Waals surface area contributed by atoms with Crippen molar-refractivity contribution in [2.45, 2.75) is 57.2 Å². The Hall–Kier alpha value is -3.38. The normalized spacial score (nSPS) is 14.5. The van der Waals surface area contributed by atoms with Gasteiger partial charge < -0.3 is 15.0 Å². The number of nitrogens with zero attached hydrogens (tertiary/aromatic N) is 1. The van der Waals surface area contributed by atoms with Crippen molar-refractivity contribution in [3.63, 3.8) is 0 Å². The fourth-order valence-corrected chi connectivity index (χ4v) is 4.86. The van der Waals surface area contributed by atoms with E-state index in [0.717, 1.165) is 36.8 Å². The molecule has 1 unspecified atom stereocenters. The molecule has 2 amide bonds. The van der Waals surface area contributed by atoms with Crippen LogP contribution in [0, 0.1) is 5.82 Å².